The van der Waals surface area contributed by atoms with Crippen LogP contribution in [0.25, 0.3) is 0 Å². The summed E-state index contributed by atoms with van der Waals surface area (Å²) in [6.45, 7) is 2.16. The molecular weight excluding hydrogens is 182 g/mol. The van der Waals surface area contributed by atoms with Crippen molar-refractivity contribution in [1.29, 1.82) is 0 Å². The molecular formula is C14H19N. The third kappa shape index (κ3) is 1.81. The molecule has 1 aromatic rings. The van der Waals surface area contributed by atoms with Crippen molar-refractivity contribution >= 4 is 0 Å². The molecule has 0 aromatic heterocycles. The van der Waals surface area contributed by atoms with Gasteiger partial charge in [0.05, 0.1) is 0 Å². The predicted molar refractivity (Wildman–Crippen MR) is 63.1 cm³/mol. The smallest absolute Gasteiger partial charge is 0.00760 e. The van der Waals surface area contributed by atoms with Crippen molar-refractivity contribution in [2.24, 2.45) is 0 Å². The average molecular weight is 201 g/mol. The molecule has 1 heteroatoms. The van der Waals surface area contributed by atoms with Crippen molar-refractivity contribution in [3.8, 4) is 0 Å². The minimum absolute atomic E-state index is 0.801. The molecule has 80 valence electrons. The van der Waals surface area contributed by atoms with Crippen molar-refractivity contribution in [2.75, 3.05) is 0 Å². The fourth-order valence-electron chi connectivity index (χ4n) is 3.17. The number of rotatable bonds is 1. The molecule has 0 saturated carbocycles. The first-order valence-electron chi connectivity index (χ1n) is 6.14. The zero-order chi connectivity index (χ0) is 10.3. The number of hydrogen-bond acceptors (Lipinski definition) is 1. The van der Waals surface area contributed by atoms with E-state index in [4.69, 9.17) is 0 Å². The average Bonchev–Trinajstić information content (AvgIpc) is 2.59. The summed E-state index contributed by atoms with van der Waals surface area (Å²) in [4.78, 5) is 0. The minimum Gasteiger partial charge on any atom is -0.311 e. The topological polar surface area (TPSA) is 12.0 Å². The van der Waals surface area contributed by atoms with Gasteiger partial charge in [-0.1, -0.05) is 29.8 Å². The maximum Gasteiger partial charge on any atom is 0.00760 e. The van der Waals surface area contributed by atoms with Gasteiger partial charge in [-0.3, -0.25) is 0 Å². The molecule has 0 aliphatic carbocycles. The van der Waals surface area contributed by atoms with E-state index < -0.39 is 0 Å². The quantitative estimate of drug-likeness (QED) is 0.736. The molecule has 2 aliphatic rings. The van der Waals surface area contributed by atoms with Gasteiger partial charge in [-0.2, -0.15) is 0 Å². The first-order valence-corrected chi connectivity index (χ1v) is 6.14. The van der Waals surface area contributed by atoms with E-state index >= 15 is 0 Å². The number of nitrogens with one attached hydrogen (secondary N) is 1. The van der Waals surface area contributed by atoms with Gasteiger partial charge in [0, 0.05) is 12.1 Å². The highest BCUT2D eigenvalue weighted by molar-refractivity contribution is 5.25. The molecule has 0 radical (unpaired) electrons. The van der Waals surface area contributed by atoms with E-state index in [1.54, 1.807) is 5.56 Å². The van der Waals surface area contributed by atoms with E-state index in [0.717, 1.165) is 18.0 Å². The monoisotopic (exact) mass is 201 g/mol. The van der Waals surface area contributed by atoms with Crippen molar-refractivity contribution in [2.45, 2.75) is 50.6 Å². The second-order valence-electron chi connectivity index (χ2n) is 5.22. The summed E-state index contributed by atoms with van der Waals surface area (Å²) < 4.78 is 0. The highest BCUT2D eigenvalue weighted by Crippen LogP contribution is 2.36. The van der Waals surface area contributed by atoms with E-state index in [9.17, 15) is 0 Å². The summed E-state index contributed by atoms with van der Waals surface area (Å²) in [6, 6.07) is 10.7. The van der Waals surface area contributed by atoms with E-state index in [-0.39, 0.29) is 0 Å². The van der Waals surface area contributed by atoms with Crippen molar-refractivity contribution in [3.63, 3.8) is 0 Å². The standard InChI is InChI=1S/C14H19N/c1-10-2-4-11(5-3-10)12-8-13-6-7-14(9-12)15-13/h2-5,12-15H,6-9H2,1H3/t12-,13-,14+. The van der Waals surface area contributed by atoms with Gasteiger partial charge in [-0.05, 0) is 44.1 Å². The van der Waals surface area contributed by atoms with Crippen LogP contribution in [0.2, 0.25) is 0 Å². The van der Waals surface area contributed by atoms with Gasteiger partial charge < -0.3 is 5.32 Å². The van der Waals surface area contributed by atoms with Crippen LogP contribution in [0.3, 0.4) is 0 Å². The molecule has 2 saturated heterocycles. The third-order valence-corrected chi connectivity index (χ3v) is 4.02. The van der Waals surface area contributed by atoms with Crippen LogP contribution in [0.1, 0.15) is 42.7 Å². The highest BCUT2D eigenvalue weighted by Gasteiger charge is 2.33. The predicted octanol–water partition coefficient (Wildman–Crippen LogP) is 2.99. The van der Waals surface area contributed by atoms with Gasteiger partial charge in [0.25, 0.3) is 0 Å². The maximum atomic E-state index is 3.70. The summed E-state index contributed by atoms with van der Waals surface area (Å²) in [5, 5.41) is 3.70. The summed E-state index contributed by atoms with van der Waals surface area (Å²) in [7, 11) is 0. The van der Waals surface area contributed by atoms with Gasteiger partial charge in [0.2, 0.25) is 0 Å². The molecule has 2 aliphatic heterocycles. The Balaban J connectivity index is 1.80. The Morgan fingerprint density at radius 1 is 1.00 bits per heavy atom. The molecule has 15 heavy (non-hydrogen) atoms. The van der Waals surface area contributed by atoms with Gasteiger partial charge >= 0.3 is 0 Å². The lowest BCUT2D eigenvalue weighted by molar-refractivity contribution is 0.363. The second kappa shape index (κ2) is 3.64. The molecule has 0 amide bonds. The largest absolute Gasteiger partial charge is 0.311 e. The zero-order valence-electron chi connectivity index (χ0n) is 9.37. The molecule has 1 aromatic carbocycles. The lowest BCUT2D eigenvalue weighted by Gasteiger charge is -2.29. The van der Waals surface area contributed by atoms with Crippen molar-refractivity contribution in [3.05, 3.63) is 35.4 Å². The Labute approximate surface area is 91.9 Å². The van der Waals surface area contributed by atoms with Crippen molar-refractivity contribution < 1.29 is 0 Å². The van der Waals surface area contributed by atoms with Crippen LogP contribution in [-0.2, 0) is 0 Å². The Hall–Kier alpha value is -0.820. The van der Waals surface area contributed by atoms with E-state index in [2.05, 4.69) is 36.5 Å². The molecule has 0 unspecified atom stereocenters. The van der Waals surface area contributed by atoms with Crippen LogP contribution in [0.15, 0.2) is 24.3 Å². The van der Waals surface area contributed by atoms with Crippen LogP contribution in [0.5, 0.6) is 0 Å². The van der Waals surface area contributed by atoms with Gasteiger partial charge in [0.15, 0.2) is 0 Å². The summed E-state index contributed by atoms with van der Waals surface area (Å²) in [5.41, 5.74) is 2.93. The van der Waals surface area contributed by atoms with Crippen LogP contribution >= 0.6 is 0 Å². The molecule has 2 bridgehead atoms. The summed E-state index contributed by atoms with van der Waals surface area (Å²) in [6.07, 6.45) is 5.49. The Kier molecular flexibility index (Phi) is 2.28. The first kappa shape index (κ1) is 9.41. The number of piperidine rings is 1. The molecule has 1 nitrogen and oxygen atoms in total. The van der Waals surface area contributed by atoms with Crippen molar-refractivity contribution in [1.82, 2.24) is 5.32 Å². The lowest BCUT2D eigenvalue weighted by Crippen LogP contribution is -2.37. The highest BCUT2D eigenvalue weighted by atomic mass is 15.0. The van der Waals surface area contributed by atoms with Crippen LogP contribution in [0.4, 0.5) is 0 Å². The Morgan fingerprint density at radius 2 is 1.60 bits per heavy atom. The summed E-state index contributed by atoms with van der Waals surface area (Å²) in [5.74, 6) is 0.810. The number of benzene rings is 1. The fourth-order valence-corrected chi connectivity index (χ4v) is 3.17. The summed E-state index contributed by atoms with van der Waals surface area (Å²) >= 11 is 0. The normalized spacial score (nSPS) is 34.3. The number of fused-ring (bicyclic) bond motifs is 2. The SMILES string of the molecule is Cc1ccc([C@@H]2C[C@H]3CC[C@@H](C2)N3)cc1. The van der Waals surface area contributed by atoms with Gasteiger partial charge in [-0.15, -0.1) is 0 Å². The maximum absolute atomic E-state index is 3.70. The Bertz CT molecular complexity index is 329. The van der Waals surface area contributed by atoms with Gasteiger partial charge in [0.1, 0.15) is 0 Å². The van der Waals surface area contributed by atoms with Crippen LogP contribution < -0.4 is 5.32 Å². The van der Waals surface area contributed by atoms with E-state index in [1.807, 2.05) is 0 Å². The molecule has 0 spiro atoms. The molecule has 3 atom stereocenters. The van der Waals surface area contributed by atoms with Crippen LogP contribution in [-0.4, -0.2) is 12.1 Å². The number of aryl methyl sites for hydroxylation is 1. The third-order valence-electron chi connectivity index (χ3n) is 4.02. The first-order chi connectivity index (χ1) is 7.31. The fraction of sp³-hybridized carbons (Fsp3) is 0.571. The lowest BCUT2D eigenvalue weighted by atomic mass is 9.86. The minimum atomic E-state index is 0.801. The second-order valence-corrected chi connectivity index (χ2v) is 5.22. The Morgan fingerprint density at radius 3 is 2.20 bits per heavy atom. The zero-order valence-corrected chi connectivity index (χ0v) is 9.37. The van der Waals surface area contributed by atoms with E-state index in [0.29, 0.717) is 0 Å². The molecule has 2 fully saturated rings. The molecule has 1 N–H and O–H groups in total. The van der Waals surface area contributed by atoms with Gasteiger partial charge in [-0.25, -0.2) is 0 Å². The molecule has 2 heterocycles. The van der Waals surface area contributed by atoms with Crippen LogP contribution in [0, 0.1) is 6.92 Å². The van der Waals surface area contributed by atoms with E-state index in [1.165, 1.54) is 31.2 Å². The number of hydrogen-bond donors (Lipinski definition) is 1. The molecule has 3 rings (SSSR count).